The molecule has 1 aliphatic carbocycles. The molecule has 134 valence electrons. The first-order valence-electron chi connectivity index (χ1n) is 8.85. The van der Waals surface area contributed by atoms with Crippen LogP contribution in [0.4, 0.5) is 11.8 Å². The molecule has 3 N–H and O–H groups in total. The van der Waals surface area contributed by atoms with Crippen molar-refractivity contribution in [2.75, 3.05) is 17.7 Å². The molecule has 0 unspecified atom stereocenters. The Morgan fingerprint density at radius 3 is 2.64 bits per heavy atom. The van der Waals surface area contributed by atoms with Gasteiger partial charge in [0.2, 0.25) is 5.95 Å². The molecular formula is C18H25N5O2. The average molecular weight is 343 g/mol. The maximum atomic E-state index is 11.7. The Kier molecular flexibility index (Phi) is 5.53. The minimum absolute atomic E-state index is 0.454. The first kappa shape index (κ1) is 17.3. The molecule has 1 fully saturated rings. The van der Waals surface area contributed by atoms with Crippen LogP contribution in [0.2, 0.25) is 0 Å². The number of carboxylic acid groups (broad SMARTS) is 1. The zero-order valence-electron chi connectivity index (χ0n) is 14.5. The van der Waals surface area contributed by atoms with Gasteiger partial charge in [-0.1, -0.05) is 32.1 Å². The Bertz CT molecular complexity index is 695. The van der Waals surface area contributed by atoms with Gasteiger partial charge in [-0.2, -0.15) is 9.97 Å². The summed E-state index contributed by atoms with van der Waals surface area (Å²) in [6.07, 6.45) is 10.3. The van der Waals surface area contributed by atoms with Gasteiger partial charge in [0.15, 0.2) is 0 Å². The third-order valence-corrected chi connectivity index (χ3v) is 4.72. The van der Waals surface area contributed by atoms with Gasteiger partial charge in [-0.25, -0.2) is 4.79 Å². The highest BCUT2D eigenvalue weighted by molar-refractivity contribution is 5.77. The third-order valence-electron chi connectivity index (χ3n) is 4.72. The molecule has 3 rings (SSSR count). The number of hydrogen-bond acceptors (Lipinski definition) is 5. The predicted molar refractivity (Wildman–Crippen MR) is 97.1 cm³/mol. The van der Waals surface area contributed by atoms with Crippen molar-refractivity contribution in [3.8, 4) is 5.82 Å². The fourth-order valence-corrected chi connectivity index (χ4v) is 3.40. The molecule has 1 atom stereocenters. The molecule has 2 heterocycles. The van der Waals surface area contributed by atoms with Crippen molar-refractivity contribution >= 4 is 17.7 Å². The van der Waals surface area contributed by atoms with Crippen molar-refractivity contribution in [3.05, 3.63) is 30.6 Å². The lowest BCUT2D eigenvalue weighted by Crippen LogP contribution is -2.32. The lowest BCUT2D eigenvalue weighted by Gasteiger charge is -2.25. The molecular weight excluding hydrogens is 318 g/mol. The van der Waals surface area contributed by atoms with E-state index >= 15 is 0 Å². The summed E-state index contributed by atoms with van der Waals surface area (Å²) >= 11 is 0. The number of rotatable bonds is 7. The molecule has 7 heteroatoms. The van der Waals surface area contributed by atoms with Crippen LogP contribution in [0.3, 0.4) is 0 Å². The van der Waals surface area contributed by atoms with Crippen LogP contribution >= 0.6 is 0 Å². The number of aromatic nitrogens is 3. The summed E-state index contributed by atoms with van der Waals surface area (Å²) in [5.74, 6) is 1.30. The van der Waals surface area contributed by atoms with E-state index in [0.29, 0.717) is 29.9 Å². The Morgan fingerprint density at radius 2 is 2.00 bits per heavy atom. The minimum atomic E-state index is -0.835. The molecule has 0 saturated heterocycles. The van der Waals surface area contributed by atoms with Crippen molar-refractivity contribution < 1.29 is 9.90 Å². The van der Waals surface area contributed by atoms with E-state index in [1.807, 2.05) is 29.1 Å². The highest BCUT2D eigenvalue weighted by Gasteiger charge is 2.24. The van der Waals surface area contributed by atoms with E-state index in [9.17, 15) is 9.90 Å². The second-order valence-corrected chi connectivity index (χ2v) is 6.55. The molecule has 0 amide bonds. The van der Waals surface area contributed by atoms with Crippen LogP contribution in [0.5, 0.6) is 0 Å². The summed E-state index contributed by atoms with van der Waals surface area (Å²) < 4.78 is 1.87. The summed E-state index contributed by atoms with van der Waals surface area (Å²) in [7, 11) is 1.75. The number of anilines is 2. The van der Waals surface area contributed by atoms with E-state index in [1.165, 1.54) is 19.3 Å². The summed E-state index contributed by atoms with van der Waals surface area (Å²) in [6.45, 7) is 0. The van der Waals surface area contributed by atoms with Crippen LogP contribution < -0.4 is 10.6 Å². The summed E-state index contributed by atoms with van der Waals surface area (Å²) in [5.41, 5.74) is 0. The van der Waals surface area contributed by atoms with E-state index in [-0.39, 0.29) is 0 Å². The average Bonchev–Trinajstić information content (AvgIpc) is 3.16. The molecule has 25 heavy (non-hydrogen) atoms. The van der Waals surface area contributed by atoms with Gasteiger partial charge >= 0.3 is 5.97 Å². The van der Waals surface area contributed by atoms with Gasteiger partial charge in [-0.15, -0.1) is 0 Å². The van der Waals surface area contributed by atoms with Crippen LogP contribution in [-0.2, 0) is 4.79 Å². The van der Waals surface area contributed by atoms with Crippen LogP contribution in [0.15, 0.2) is 30.6 Å². The van der Waals surface area contributed by atoms with Crippen molar-refractivity contribution in [1.82, 2.24) is 14.5 Å². The van der Waals surface area contributed by atoms with Crippen molar-refractivity contribution in [3.63, 3.8) is 0 Å². The molecule has 0 aromatic carbocycles. The number of nitrogens with zero attached hydrogens (tertiary/aromatic N) is 3. The Balaban J connectivity index is 1.78. The quantitative estimate of drug-likeness (QED) is 0.715. The van der Waals surface area contributed by atoms with E-state index in [0.717, 1.165) is 12.8 Å². The highest BCUT2D eigenvalue weighted by Crippen LogP contribution is 2.28. The number of carbonyl (C=O) groups is 1. The Labute approximate surface area is 147 Å². The van der Waals surface area contributed by atoms with Crippen molar-refractivity contribution in [2.24, 2.45) is 5.92 Å². The molecule has 2 aromatic heterocycles. The summed E-state index contributed by atoms with van der Waals surface area (Å²) in [4.78, 5) is 20.5. The third kappa shape index (κ3) is 4.49. The van der Waals surface area contributed by atoms with Crippen molar-refractivity contribution in [2.45, 2.75) is 44.6 Å². The zero-order chi connectivity index (χ0) is 17.6. The second kappa shape index (κ2) is 8.00. The molecule has 7 nitrogen and oxygen atoms in total. The maximum absolute atomic E-state index is 11.7. The molecule has 0 spiro atoms. The monoisotopic (exact) mass is 343 g/mol. The fraction of sp³-hybridized carbons (Fsp3) is 0.500. The van der Waals surface area contributed by atoms with Gasteiger partial charge in [-0.05, 0) is 24.5 Å². The predicted octanol–water partition coefficient (Wildman–Crippen LogP) is 3.14. The minimum Gasteiger partial charge on any atom is -0.480 e. The topological polar surface area (TPSA) is 92.1 Å². The highest BCUT2D eigenvalue weighted by atomic mass is 16.4. The van der Waals surface area contributed by atoms with Crippen LogP contribution in [-0.4, -0.2) is 38.7 Å². The standard InChI is InChI=1S/C18H25N5O2/c1-19-18-21-15(12-16(22-18)23-9-5-6-10-23)20-14(17(24)25)11-13-7-3-2-4-8-13/h5-6,9-10,12-14H,2-4,7-8,11H2,1H3,(H,24,25)(H2,19,20,21,22)/t14-/m1/s1. The molecule has 0 bridgehead atoms. The lowest BCUT2D eigenvalue weighted by atomic mass is 9.85. The number of aliphatic carboxylic acids is 1. The molecule has 0 radical (unpaired) electrons. The number of hydrogen-bond donors (Lipinski definition) is 3. The molecule has 0 aliphatic heterocycles. The second-order valence-electron chi connectivity index (χ2n) is 6.55. The first-order valence-corrected chi connectivity index (χ1v) is 8.85. The smallest absolute Gasteiger partial charge is 0.326 e. The van der Waals surface area contributed by atoms with Gasteiger partial charge in [0.05, 0.1) is 0 Å². The largest absolute Gasteiger partial charge is 0.480 e. The van der Waals surface area contributed by atoms with E-state index < -0.39 is 12.0 Å². The Morgan fingerprint density at radius 1 is 1.28 bits per heavy atom. The summed E-state index contributed by atoms with van der Waals surface area (Å²) in [5, 5.41) is 15.6. The van der Waals surface area contributed by atoms with Gasteiger partial charge in [0.1, 0.15) is 17.7 Å². The Hall–Kier alpha value is -2.57. The van der Waals surface area contributed by atoms with Crippen LogP contribution in [0.1, 0.15) is 38.5 Å². The van der Waals surface area contributed by atoms with E-state index in [2.05, 4.69) is 20.6 Å². The summed E-state index contributed by atoms with van der Waals surface area (Å²) in [6, 6.07) is 4.96. The lowest BCUT2D eigenvalue weighted by molar-refractivity contribution is -0.138. The van der Waals surface area contributed by atoms with Gasteiger partial charge < -0.3 is 20.3 Å². The SMILES string of the molecule is CNc1nc(N[C@H](CC2CCCCC2)C(=O)O)cc(-n2cccc2)n1. The first-order chi connectivity index (χ1) is 12.2. The van der Waals surface area contributed by atoms with Crippen molar-refractivity contribution in [1.29, 1.82) is 0 Å². The number of carboxylic acids is 1. The van der Waals surface area contributed by atoms with E-state index in [4.69, 9.17) is 0 Å². The molecule has 1 aliphatic rings. The normalized spacial score (nSPS) is 16.4. The fourth-order valence-electron chi connectivity index (χ4n) is 3.40. The van der Waals surface area contributed by atoms with Gasteiger partial charge in [-0.3, -0.25) is 0 Å². The van der Waals surface area contributed by atoms with Crippen LogP contribution in [0, 0.1) is 5.92 Å². The molecule has 2 aromatic rings. The number of nitrogens with one attached hydrogen (secondary N) is 2. The molecule has 1 saturated carbocycles. The van der Waals surface area contributed by atoms with Gasteiger partial charge in [0, 0.05) is 25.5 Å². The van der Waals surface area contributed by atoms with Gasteiger partial charge in [0.25, 0.3) is 0 Å². The zero-order valence-corrected chi connectivity index (χ0v) is 14.5. The maximum Gasteiger partial charge on any atom is 0.326 e. The van der Waals surface area contributed by atoms with Crippen LogP contribution in [0.25, 0.3) is 5.82 Å². The van der Waals surface area contributed by atoms with E-state index in [1.54, 1.807) is 13.1 Å².